The highest BCUT2D eigenvalue weighted by molar-refractivity contribution is 9.10. The summed E-state index contributed by atoms with van der Waals surface area (Å²) in [6, 6.07) is 5.40. The molecule has 1 aromatic heterocycles. The van der Waals surface area contributed by atoms with Crippen molar-refractivity contribution in [2.45, 2.75) is 0 Å². The van der Waals surface area contributed by atoms with Crippen molar-refractivity contribution in [3.63, 3.8) is 0 Å². The molecule has 0 saturated heterocycles. The number of halogens is 1. The number of nitrogens with zero attached hydrogens (tertiary/aromatic N) is 1. The molecule has 0 saturated carbocycles. The first kappa shape index (κ1) is 9.21. The fourth-order valence-electron chi connectivity index (χ4n) is 1.19. The monoisotopic (exact) mass is 254 g/mol. The Morgan fingerprint density at radius 1 is 1.57 bits per heavy atom. The molecule has 1 N–H and O–H groups in total. The average molecular weight is 255 g/mol. The van der Waals surface area contributed by atoms with Gasteiger partial charge in [-0.2, -0.15) is 0 Å². The minimum atomic E-state index is -0.244. The van der Waals surface area contributed by atoms with Crippen molar-refractivity contribution in [3.8, 4) is 0 Å². The summed E-state index contributed by atoms with van der Waals surface area (Å²) in [4.78, 5) is 11.3. The Balaban J connectivity index is 2.64. The molecule has 2 rings (SSSR count). The van der Waals surface area contributed by atoms with Gasteiger partial charge < -0.3 is 9.84 Å². The topological polar surface area (TPSA) is 55.1 Å². The second-order valence-corrected chi connectivity index (χ2v) is 3.67. The number of nitrogens with one attached hydrogen (secondary N) is 1. The Hall–Kier alpha value is -1.36. The summed E-state index contributed by atoms with van der Waals surface area (Å²) < 4.78 is 5.91. The largest absolute Gasteiger partial charge is 0.355 e. The molecule has 0 unspecified atom stereocenters. The quantitative estimate of drug-likeness (QED) is 0.847. The van der Waals surface area contributed by atoms with Crippen molar-refractivity contribution in [3.05, 3.63) is 28.4 Å². The minimum Gasteiger partial charge on any atom is -0.355 e. The predicted molar refractivity (Wildman–Crippen MR) is 55.1 cm³/mol. The predicted octanol–water partition coefficient (Wildman–Crippen LogP) is 1.95. The number of hydrogen-bond acceptors (Lipinski definition) is 3. The minimum absolute atomic E-state index is 0.244. The molecule has 0 aliphatic heterocycles. The van der Waals surface area contributed by atoms with E-state index >= 15 is 0 Å². The van der Waals surface area contributed by atoms with E-state index in [-0.39, 0.29) is 5.91 Å². The van der Waals surface area contributed by atoms with Crippen LogP contribution in [0.5, 0.6) is 0 Å². The van der Waals surface area contributed by atoms with Gasteiger partial charge in [-0.15, -0.1) is 0 Å². The van der Waals surface area contributed by atoms with Crippen LogP contribution in [0.25, 0.3) is 11.0 Å². The van der Waals surface area contributed by atoms with E-state index in [4.69, 9.17) is 4.52 Å². The van der Waals surface area contributed by atoms with Gasteiger partial charge in [-0.25, -0.2) is 0 Å². The van der Waals surface area contributed by atoms with E-state index in [9.17, 15) is 4.79 Å². The van der Waals surface area contributed by atoms with E-state index in [1.54, 1.807) is 19.2 Å². The number of fused-ring (bicyclic) bond motifs is 1. The number of hydrogen-bond donors (Lipinski definition) is 1. The fraction of sp³-hybridized carbons (Fsp3) is 0.111. The molecule has 1 heterocycles. The summed E-state index contributed by atoms with van der Waals surface area (Å²) in [6.07, 6.45) is 0. The van der Waals surface area contributed by atoms with Crippen molar-refractivity contribution in [2.75, 3.05) is 7.05 Å². The zero-order chi connectivity index (χ0) is 10.1. The maximum Gasteiger partial charge on any atom is 0.273 e. The van der Waals surface area contributed by atoms with Gasteiger partial charge in [-0.3, -0.25) is 4.79 Å². The molecule has 0 radical (unpaired) electrons. The van der Waals surface area contributed by atoms with Crippen molar-refractivity contribution < 1.29 is 9.32 Å². The van der Waals surface area contributed by atoms with Crippen LogP contribution in [-0.2, 0) is 0 Å². The van der Waals surface area contributed by atoms with Gasteiger partial charge in [0.15, 0.2) is 11.3 Å². The van der Waals surface area contributed by atoms with Gasteiger partial charge in [-0.05, 0) is 18.2 Å². The molecule has 14 heavy (non-hydrogen) atoms. The normalized spacial score (nSPS) is 10.4. The first-order chi connectivity index (χ1) is 6.72. The number of amides is 1. The molecule has 1 amide bonds. The highest BCUT2D eigenvalue weighted by atomic mass is 79.9. The van der Waals surface area contributed by atoms with E-state index in [1.807, 2.05) is 6.07 Å². The lowest BCUT2D eigenvalue weighted by atomic mass is 10.2. The summed E-state index contributed by atoms with van der Waals surface area (Å²) in [5.41, 5.74) is 0.910. The van der Waals surface area contributed by atoms with Crippen LogP contribution >= 0.6 is 15.9 Å². The Kier molecular flexibility index (Phi) is 2.25. The van der Waals surface area contributed by atoms with Crippen molar-refractivity contribution >= 4 is 32.8 Å². The average Bonchev–Trinajstić information content (AvgIpc) is 2.59. The van der Waals surface area contributed by atoms with E-state index in [0.717, 1.165) is 4.47 Å². The second-order valence-electron chi connectivity index (χ2n) is 2.75. The lowest BCUT2D eigenvalue weighted by molar-refractivity contribution is 0.0956. The molecule has 0 fully saturated rings. The SMILES string of the molecule is CNC(=O)c1noc2cc(Br)ccc12. The number of carbonyl (C=O) groups is 1. The van der Waals surface area contributed by atoms with Gasteiger partial charge in [0.05, 0.1) is 5.39 Å². The third kappa shape index (κ3) is 1.39. The maximum atomic E-state index is 11.3. The summed E-state index contributed by atoms with van der Waals surface area (Å²) >= 11 is 3.31. The standard InChI is InChI=1S/C9H7BrN2O2/c1-11-9(13)8-6-3-2-5(10)4-7(6)14-12-8/h2-4H,1H3,(H,11,13). The van der Waals surface area contributed by atoms with E-state index in [2.05, 4.69) is 26.4 Å². The highest BCUT2D eigenvalue weighted by Gasteiger charge is 2.14. The van der Waals surface area contributed by atoms with Crippen molar-refractivity contribution in [2.24, 2.45) is 0 Å². The zero-order valence-corrected chi connectivity index (χ0v) is 8.96. The molecule has 0 atom stereocenters. The zero-order valence-electron chi connectivity index (χ0n) is 7.37. The summed E-state index contributed by atoms with van der Waals surface area (Å²) in [5.74, 6) is -0.244. The Morgan fingerprint density at radius 2 is 2.36 bits per heavy atom. The second kappa shape index (κ2) is 3.42. The number of benzene rings is 1. The van der Waals surface area contributed by atoms with Crippen LogP contribution in [0, 0.1) is 0 Å². The van der Waals surface area contributed by atoms with Crippen LogP contribution < -0.4 is 5.32 Å². The highest BCUT2D eigenvalue weighted by Crippen LogP contribution is 2.22. The molecule has 2 aromatic rings. The maximum absolute atomic E-state index is 11.3. The molecule has 1 aromatic carbocycles. The third-order valence-corrected chi connectivity index (χ3v) is 2.37. The smallest absolute Gasteiger partial charge is 0.273 e. The van der Waals surface area contributed by atoms with Gasteiger partial charge in [0, 0.05) is 11.5 Å². The van der Waals surface area contributed by atoms with Crippen LogP contribution in [0.4, 0.5) is 0 Å². The van der Waals surface area contributed by atoms with Gasteiger partial charge in [0.25, 0.3) is 5.91 Å². The van der Waals surface area contributed by atoms with Crippen molar-refractivity contribution in [1.82, 2.24) is 10.5 Å². The first-order valence-corrected chi connectivity index (χ1v) is 4.78. The molecular weight excluding hydrogens is 248 g/mol. The Bertz CT molecular complexity index is 493. The van der Waals surface area contributed by atoms with Crippen LogP contribution in [0.15, 0.2) is 27.2 Å². The molecule has 0 bridgehead atoms. The molecule has 0 aliphatic rings. The molecule has 0 aliphatic carbocycles. The van der Waals surface area contributed by atoms with Gasteiger partial charge in [0.1, 0.15) is 0 Å². The van der Waals surface area contributed by atoms with Gasteiger partial charge in [-0.1, -0.05) is 21.1 Å². The van der Waals surface area contributed by atoms with E-state index < -0.39 is 0 Å². The lowest BCUT2D eigenvalue weighted by Crippen LogP contribution is -2.18. The lowest BCUT2D eigenvalue weighted by Gasteiger charge is -1.93. The van der Waals surface area contributed by atoms with Gasteiger partial charge >= 0.3 is 0 Å². The molecule has 4 nitrogen and oxygen atoms in total. The Morgan fingerprint density at radius 3 is 3.07 bits per heavy atom. The van der Waals surface area contributed by atoms with E-state index in [1.165, 1.54) is 0 Å². The van der Waals surface area contributed by atoms with Crippen LogP contribution in [0.1, 0.15) is 10.5 Å². The molecule has 72 valence electrons. The number of carbonyl (C=O) groups excluding carboxylic acids is 1. The summed E-state index contributed by atoms with van der Waals surface area (Å²) in [5, 5.41) is 6.92. The van der Waals surface area contributed by atoms with Crippen LogP contribution in [0.3, 0.4) is 0 Å². The van der Waals surface area contributed by atoms with E-state index in [0.29, 0.717) is 16.7 Å². The first-order valence-electron chi connectivity index (χ1n) is 3.99. The van der Waals surface area contributed by atoms with Crippen molar-refractivity contribution in [1.29, 1.82) is 0 Å². The number of aromatic nitrogens is 1. The van der Waals surface area contributed by atoms with Gasteiger partial charge in [0.2, 0.25) is 0 Å². The Labute approximate surface area is 88.4 Å². The molecule has 5 heteroatoms. The fourth-order valence-corrected chi connectivity index (χ4v) is 1.53. The van der Waals surface area contributed by atoms with Crippen LogP contribution in [-0.4, -0.2) is 18.1 Å². The third-order valence-electron chi connectivity index (χ3n) is 1.88. The molecular formula is C9H7BrN2O2. The van der Waals surface area contributed by atoms with Crippen LogP contribution in [0.2, 0.25) is 0 Å². The summed E-state index contributed by atoms with van der Waals surface area (Å²) in [6.45, 7) is 0. The summed E-state index contributed by atoms with van der Waals surface area (Å²) in [7, 11) is 1.56. The number of rotatable bonds is 1. The molecule has 0 spiro atoms.